The maximum Gasteiger partial charge on any atom is 0.233 e. The number of benzene rings is 2. The van der Waals surface area contributed by atoms with Gasteiger partial charge < -0.3 is 15.4 Å². The number of ether oxygens (including phenoxy) is 1. The molecule has 0 radical (unpaired) electrons. The number of fused-ring (bicyclic) bond motifs is 2. The molecule has 2 unspecified atom stereocenters. The van der Waals surface area contributed by atoms with E-state index in [0.29, 0.717) is 13.2 Å². The number of anilines is 1. The standard InChI is InChI=1S/C19H20N2O2/c20-16-10-13-5-1-3-7-17(13)21(11-16)19(22)15-9-14-6-2-4-8-18(14)23-12-15/h1-8,15-16H,9-12,20H2. The molecule has 0 aliphatic carbocycles. The van der Waals surface area contributed by atoms with Crippen molar-refractivity contribution in [2.45, 2.75) is 18.9 Å². The number of hydrogen-bond donors (Lipinski definition) is 1. The molecule has 0 saturated carbocycles. The van der Waals surface area contributed by atoms with Crippen LogP contribution in [-0.2, 0) is 17.6 Å². The van der Waals surface area contributed by atoms with E-state index in [0.717, 1.165) is 35.4 Å². The molecule has 4 heteroatoms. The molecule has 23 heavy (non-hydrogen) atoms. The molecule has 2 N–H and O–H groups in total. The number of carbonyl (C=O) groups excluding carboxylic acids is 1. The highest BCUT2D eigenvalue weighted by atomic mass is 16.5. The first kappa shape index (κ1) is 14.3. The van der Waals surface area contributed by atoms with E-state index in [-0.39, 0.29) is 17.9 Å². The molecule has 2 atom stereocenters. The van der Waals surface area contributed by atoms with E-state index >= 15 is 0 Å². The molecule has 0 bridgehead atoms. The Morgan fingerprint density at radius 2 is 1.78 bits per heavy atom. The molecular formula is C19H20N2O2. The lowest BCUT2D eigenvalue weighted by Gasteiger charge is -2.36. The fraction of sp³-hybridized carbons (Fsp3) is 0.316. The number of hydrogen-bond acceptors (Lipinski definition) is 3. The van der Waals surface area contributed by atoms with Crippen LogP contribution in [0.5, 0.6) is 5.75 Å². The second kappa shape index (κ2) is 5.70. The Bertz CT molecular complexity index is 744. The third-order valence-corrected chi connectivity index (χ3v) is 4.68. The maximum absolute atomic E-state index is 13.1. The van der Waals surface area contributed by atoms with Crippen LogP contribution in [0.2, 0.25) is 0 Å². The Morgan fingerprint density at radius 3 is 2.65 bits per heavy atom. The zero-order valence-electron chi connectivity index (χ0n) is 12.9. The molecule has 4 rings (SSSR count). The summed E-state index contributed by atoms with van der Waals surface area (Å²) in [6.45, 7) is 1.01. The van der Waals surface area contributed by atoms with Crippen molar-refractivity contribution >= 4 is 11.6 Å². The van der Waals surface area contributed by atoms with Crippen LogP contribution in [0.25, 0.3) is 0 Å². The minimum Gasteiger partial charge on any atom is -0.492 e. The Morgan fingerprint density at radius 1 is 1.04 bits per heavy atom. The second-order valence-corrected chi connectivity index (χ2v) is 6.36. The Kier molecular flexibility index (Phi) is 3.54. The predicted octanol–water partition coefficient (Wildman–Crippen LogP) is 2.15. The van der Waals surface area contributed by atoms with Crippen LogP contribution in [0, 0.1) is 5.92 Å². The van der Waals surface area contributed by atoms with Crippen LogP contribution < -0.4 is 15.4 Å². The number of carbonyl (C=O) groups is 1. The molecule has 0 aromatic heterocycles. The molecule has 2 aromatic carbocycles. The van der Waals surface area contributed by atoms with E-state index in [9.17, 15) is 4.79 Å². The van der Waals surface area contributed by atoms with E-state index in [1.807, 2.05) is 47.4 Å². The van der Waals surface area contributed by atoms with Crippen LogP contribution in [0.15, 0.2) is 48.5 Å². The molecular weight excluding hydrogens is 288 g/mol. The zero-order chi connectivity index (χ0) is 15.8. The summed E-state index contributed by atoms with van der Waals surface area (Å²) in [5, 5.41) is 0. The van der Waals surface area contributed by atoms with Gasteiger partial charge in [0.2, 0.25) is 5.91 Å². The highest BCUT2D eigenvalue weighted by Gasteiger charge is 2.33. The van der Waals surface area contributed by atoms with Crippen molar-refractivity contribution in [3.8, 4) is 5.75 Å². The Balaban J connectivity index is 1.61. The molecule has 4 nitrogen and oxygen atoms in total. The van der Waals surface area contributed by atoms with Crippen LogP contribution in [0.4, 0.5) is 5.69 Å². The summed E-state index contributed by atoms with van der Waals surface area (Å²) in [6, 6.07) is 16.0. The highest BCUT2D eigenvalue weighted by Crippen LogP contribution is 2.31. The molecule has 1 amide bonds. The summed E-state index contributed by atoms with van der Waals surface area (Å²) in [5.74, 6) is 0.859. The minimum atomic E-state index is -0.150. The van der Waals surface area contributed by atoms with Gasteiger partial charge in [-0.2, -0.15) is 0 Å². The van der Waals surface area contributed by atoms with Crippen molar-refractivity contribution in [2.75, 3.05) is 18.1 Å². The number of rotatable bonds is 1. The Labute approximate surface area is 135 Å². The molecule has 2 aliphatic heterocycles. The predicted molar refractivity (Wildman–Crippen MR) is 89.6 cm³/mol. The molecule has 0 spiro atoms. The van der Waals surface area contributed by atoms with Crippen molar-refractivity contribution < 1.29 is 9.53 Å². The number of nitrogens with two attached hydrogens (primary N) is 1. The van der Waals surface area contributed by atoms with Gasteiger partial charge in [0.05, 0.1) is 5.92 Å². The van der Waals surface area contributed by atoms with Gasteiger partial charge >= 0.3 is 0 Å². The van der Waals surface area contributed by atoms with Crippen LogP contribution in [-0.4, -0.2) is 25.1 Å². The molecule has 2 aliphatic rings. The van der Waals surface area contributed by atoms with Gasteiger partial charge in [-0.05, 0) is 36.1 Å². The molecule has 0 saturated heterocycles. The largest absolute Gasteiger partial charge is 0.492 e. The SMILES string of the molecule is NC1Cc2ccccc2N(C(=O)C2COc3ccccc3C2)C1. The zero-order valence-corrected chi connectivity index (χ0v) is 12.9. The smallest absolute Gasteiger partial charge is 0.233 e. The van der Waals surface area contributed by atoms with Gasteiger partial charge in [-0.25, -0.2) is 0 Å². The molecule has 118 valence electrons. The van der Waals surface area contributed by atoms with Crippen molar-refractivity contribution in [3.05, 3.63) is 59.7 Å². The van der Waals surface area contributed by atoms with Gasteiger partial charge in [-0.1, -0.05) is 36.4 Å². The minimum absolute atomic E-state index is 0.00866. The van der Waals surface area contributed by atoms with Gasteiger partial charge in [-0.15, -0.1) is 0 Å². The van der Waals surface area contributed by atoms with E-state index < -0.39 is 0 Å². The average Bonchev–Trinajstić information content (AvgIpc) is 2.60. The van der Waals surface area contributed by atoms with Crippen LogP contribution >= 0.6 is 0 Å². The van der Waals surface area contributed by atoms with Crippen molar-refractivity contribution in [1.29, 1.82) is 0 Å². The topological polar surface area (TPSA) is 55.6 Å². The highest BCUT2D eigenvalue weighted by molar-refractivity contribution is 5.96. The summed E-state index contributed by atoms with van der Waals surface area (Å²) < 4.78 is 5.78. The second-order valence-electron chi connectivity index (χ2n) is 6.36. The van der Waals surface area contributed by atoms with Gasteiger partial charge in [0.25, 0.3) is 0 Å². The summed E-state index contributed by atoms with van der Waals surface area (Å²) >= 11 is 0. The summed E-state index contributed by atoms with van der Waals surface area (Å²) in [6.07, 6.45) is 1.55. The van der Waals surface area contributed by atoms with Crippen molar-refractivity contribution in [1.82, 2.24) is 0 Å². The van der Waals surface area contributed by atoms with Crippen molar-refractivity contribution in [2.24, 2.45) is 11.7 Å². The first-order valence-corrected chi connectivity index (χ1v) is 8.08. The van der Waals surface area contributed by atoms with Gasteiger partial charge in [0.1, 0.15) is 12.4 Å². The van der Waals surface area contributed by atoms with E-state index in [2.05, 4.69) is 6.07 Å². The van der Waals surface area contributed by atoms with E-state index in [4.69, 9.17) is 10.5 Å². The van der Waals surface area contributed by atoms with Crippen molar-refractivity contribution in [3.63, 3.8) is 0 Å². The van der Waals surface area contributed by atoms with Crippen LogP contribution in [0.3, 0.4) is 0 Å². The normalized spacial score (nSPS) is 22.7. The lowest BCUT2D eigenvalue weighted by atomic mass is 9.92. The van der Waals surface area contributed by atoms with Gasteiger partial charge in [0, 0.05) is 18.3 Å². The van der Waals surface area contributed by atoms with Gasteiger partial charge in [-0.3, -0.25) is 4.79 Å². The number of nitrogens with zero attached hydrogens (tertiary/aromatic N) is 1. The summed E-state index contributed by atoms with van der Waals surface area (Å²) in [4.78, 5) is 14.9. The fourth-order valence-electron chi connectivity index (χ4n) is 3.54. The first-order valence-electron chi connectivity index (χ1n) is 8.08. The van der Waals surface area contributed by atoms with Crippen LogP contribution in [0.1, 0.15) is 11.1 Å². The number of amides is 1. The molecule has 2 heterocycles. The molecule has 0 fully saturated rings. The maximum atomic E-state index is 13.1. The van der Waals surface area contributed by atoms with Gasteiger partial charge in [0.15, 0.2) is 0 Å². The fourth-order valence-corrected chi connectivity index (χ4v) is 3.54. The lowest BCUT2D eigenvalue weighted by molar-refractivity contribution is -0.123. The third kappa shape index (κ3) is 2.59. The third-order valence-electron chi connectivity index (χ3n) is 4.68. The monoisotopic (exact) mass is 308 g/mol. The quantitative estimate of drug-likeness (QED) is 0.878. The lowest BCUT2D eigenvalue weighted by Crippen LogP contribution is -2.49. The Hall–Kier alpha value is -2.33. The number of para-hydroxylation sites is 2. The first-order chi connectivity index (χ1) is 11.2. The van der Waals surface area contributed by atoms with E-state index in [1.54, 1.807) is 0 Å². The summed E-state index contributed by atoms with van der Waals surface area (Å²) in [5.41, 5.74) is 9.41. The summed E-state index contributed by atoms with van der Waals surface area (Å²) in [7, 11) is 0. The van der Waals surface area contributed by atoms with E-state index in [1.165, 1.54) is 0 Å². The molecule has 2 aromatic rings. The average molecular weight is 308 g/mol.